The van der Waals surface area contributed by atoms with Crippen LogP contribution in [0.5, 0.6) is 17.2 Å². The van der Waals surface area contributed by atoms with Crippen molar-refractivity contribution in [3.8, 4) is 17.2 Å². The van der Waals surface area contributed by atoms with Crippen LogP contribution in [0.25, 0.3) is 5.76 Å². The Morgan fingerprint density at radius 2 is 1.82 bits per heavy atom. The van der Waals surface area contributed by atoms with E-state index in [1.165, 1.54) is 19.1 Å². The van der Waals surface area contributed by atoms with Crippen molar-refractivity contribution in [2.75, 3.05) is 25.7 Å². The van der Waals surface area contributed by atoms with Gasteiger partial charge in [-0.05, 0) is 49.4 Å². The molecular weight excluding hydrogens is 436 g/mol. The van der Waals surface area contributed by atoms with Crippen molar-refractivity contribution in [1.82, 2.24) is 4.98 Å². The Labute approximate surface area is 197 Å². The third kappa shape index (κ3) is 4.05. The normalized spacial score (nSPS) is 17.0. The number of carbonyl (C=O) groups is 2. The van der Waals surface area contributed by atoms with E-state index in [9.17, 15) is 14.7 Å². The van der Waals surface area contributed by atoms with Crippen molar-refractivity contribution < 1.29 is 28.9 Å². The average molecular weight is 460 g/mol. The molecule has 1 saturated heterocycles. The van der Waals surface area contributed by atoms with Gasteiger partial charge in [0.15, 0.2) is 0 Å². The summed E-state index contributed by atoms with van der Waals surface area (Å²) in [5.41, 5.74) is 0.994. The van der Waals surface area contributed by atoms with Crippen LogP contribution in [-0.4, -0.2) is 42.6 Å². The molecule has 0 bridgehead atoms. The highest BCUT2D eigenvalue weighted by atomic mass is 16.5. The van der Waals surface area contributed by atoms with Gasteiger partial charge in [0, 0.05) is 18.0 Å². The second-order valence-corrected chi connectivity index (χ2v) is 7.42. The molecular formula is C26H24N2O6. The standard InChI is InChI=1S/C26H24N2O6/c1-4-34-18-9-7-8-16(14-18)28-23(20-10-5-6-13-27-20)22(25(30)26(28)31)24(29)19-15-17(32-2)11-12-21(19)33-3/h5-15,23,29H,4H2,1-3H3/b24-22+. The minimum Gasteiger partial charge on any atom is -0.507 e. The molecule has 2 aromatic carbocycles. The highest BCUT2D eigenvalue weighted by molar-refractivity contribution is 6.51. The maximum Gasteiger partial charge on any atom is 0.300 e. The van der Waals surface area contributed by atoms with E-state index < -0.39 is 17.7 Å². The summed E-state index contributed by atoms with van der Waals surface area (Å²) in [6.07, 6.45) is 1.57. The minimum atomic E-state index is -0.964. The van der Waals surface area contributed by atoms with E-state index in [1.807, 2.05) is 6.92 Å². The zero-order chi connectivity index (χ0) is 24.2. The molecule has 1 aliphatic heterocycles. The number of hydrogen-bond donors (Lipinski definition) is 1. The minimum absolute atomic E-state index is 0.0999. The van der Waals surface area contributed by atoms with Crippen LogP contribution < -0.4 is 19.1 Å². The third-order valence-electron chi connectivity index (χ3n) is 5.48. The van der Waals surface area contributed by atoms with E-state index in [1.54, 1.807) is 66.9 Å². The molecule has 8 nitrogen and oxygen atoms in total. The topological polar surface area (TPSA) is 98.2 Å². The number of Topliss-reactive ketones (excluding diaryl/α,β-unsaturated/α-hetero) is 1. The number of aromatic nitrogens is 1. The number of amides is 1. The van der Waals surface area contributed by atoms with Gasteiger partial charge in [0.05, 0.1) is 37.7 Å². The lowest BCUT2D eigenvalue weighted by Gasteiger charge is -2.25. The second-order valence-electron chi connectivity index (χ2n) is 7.42. The Hall–Kier alpha value is -4.33. The zero-order valence-corrected chi connectivity index (χ0v) is 19.0. The first-order valence-electron chi connectivity index (χ1n) is 10.7. The summed E-state index contributed by atoms with van der Waals surface area (Å²) in [5.74, 6) is -0.671. The van der Waals surface area contributed by atoms with E-state index in [0.717, 1.165) is 0 Å². The van der Waals surface area contributed by atoms with Crippen LogP contribution >= 0.6 is 0 Å². The Balaban J connectivity index is 1.95. The van der Waals surface area contributed by atoms with E-state index in [2.05, 4.69) is 4.98 Å². The Bertz CT molecular complexity index is 1260. The fraction of sp³-hybridized carbons (Fsp3) is 0.192. The predicted molar refractivity (Wildman–Crippen MR) is 126 cm³/mol. The lowest BCUT2D eigenvalue weighted by molar-refractivity contribution is -0.132. The molecule has 2 heterocycles. The van der Waals surface area contributed by atoms with Gasteiger partial charge in [0.2, 0.25) is 0 Å². The largest absolute Gasteiger partial charge is 0.507 e. The maximum atomic E-state index is 13.3. The highest BCUT2D eigenvalue weighted by Gasteiger charge is 2.48. The van der Waals surface area contributed by atoms with Crippen LogP contribution in [0, 0.1) is 0 Å². The van der Waals surface area contributed by atoms with Gasteiger partial charge >= 0.3 is 0 Å². The number of aliphatic hydroxyl groups is 1. The monoisotopic (exact) mass is 460 g/mol. The summed E-state index contributed by atoms with van der Waals surface area (Å²) in [7, 11) is 2.94. The van der Waals surface area contributed by atoms with Gasteiger partial charge in [-0.2, -0.15) is 0 Å². The van der Waals surface area contributed by atoms with Crippen LogP contribution in [0.15, 0.2) is 72.4 Å². The molecule has 174 valence electrons. The van der Waals surface area contributed by atoms with Gasteiger partial charge in [0.25, 0.3) is 11.7 Å². The van der Waals surface area contributed by atoms with Gasteiger partial charge in [0.1, 0.15) is 29.0 Å². The summed E-state index contributed by atoms with van der Waals surface area (Å²) >= 11 is 0. The van der Waals surface area contributed by atoms with Gasteiger partial charge in [-0.25, -0.2) is 0 Å². The van der Waals surface area contributed by atoms with Crippen LogP contribution in [0.3, 0.4) is 0 Å². The fourth-order valence-corrected chi connectivity index (χ4v) is 3.95. The van der Waals surface area contributed by atoms with Crippen molar-refractivity contribution in [3.63, 3.8) is 0 Å². The SMILES string of the molecule is CCOc1cccc(N2C(=O)C(=O)/C(=C(/O)c3cc(OC)ccc3OC)C2c2ccccn2)c1. The summed E-state index contributed by atoms with van der Waals surface area (Å²) in [4.78, 5) is 32.3. The van der Waals surface area contributed by atoms with E-state index in [-0.39, 0.29) is 16.9 Å². The first-order valence-corrected chi connectivity index (χ1v) is 10.7. The molecule has 1 N–H and O–H groups in total. The van der Waals surface area contributed by atoms with Crippen LogP contribution in [0.2, 0.25) is 0 Å². The number of rotatable bonds is 7. The summed E-state index contributed by atoms with van der Waals surface area (Å²) in [6, 6.07) is 15.9. The molecule has 1 unspecified atom stereocenters. The quantitative estimate of drug-likeness (QED) is 0.322. The Morgan fingerprint density at radius 3 is 2.50 bits per heavy atom. The number of carbonyl (C=O) groups excluding carboxylic acids is 2. The number of pyridine rings is 1. The molecule has 4 rings (SSSR count). The first-order chi connectivity index (χ1) is 16.5. The van der Waals surface area contributed by atoms with Crippen LogP contribution in [-0.2, 0) is 9.59 Å². The van der Waals surface area contributed by atoms with Gasteiger partial charge in [-0.1, -0.05) is 12.1 Å². The molecule has 1 aromatic heterocycles. The van der Waals surface area contributed by atoms with E-state index >= 15 is 0 Å². The van der Waals surface area contributed by atoms with E-state index in [4.69, 9.17) is 14.2 Å². The molecule has 1 atom stereocenters. The first kappa shape index (κ1) is 22.8. The molecule has 0 radical (unpaired) electrons. The summed E-state index contributed by atoms with van der Waals surface area (Å²) in [6.45, 7) is 2.30. The van der Waals surface area contributed by atoms with Gasteiger partial charge < -0.3 is 19.3 Å². The molecule has 8 heteroatoms. The van der Waals surface area contributed by atoms with Gasteiger partial charge in [-0.15, -0.1) is 0 Å². The molecule has 1 amide bonds. The van der Waals surface area contributed by atoms with Crippen molar-refractivity contribution in [3.05, 3.63) is 83.7 Å². The molecule has 0 aliphatic carbocycles. The lowest BCUT2D eigenvalue weighted by Crippen LogP contribution is -2.29. The summed E-state index contributed by atoms with van der Waals surface area (Å²) in [5, 5.41) is 11.4. The molecule has 1 aliphatic rings. The third-order valence-corrected chi connectivity index (χ3v) is 5.48. The Kier molecular flexibility index (Phi) is 6.49. The van der Waals surface area contributed by atoms with E-state index in [0.29, 0.717) is 35.2 Å². The smallest absolute Gasteiger partial charge is 0.300 e. The molecule has 1 fully saturated rings. The Morgan fingerprint density at radius 1 is 1.00 bits per heavy atom. The molecule has 3 aromatic rings. The predicted octanol–water partition coefficient (Wildman–Crippen LogP) is 4.12. The molecule has 34 heavy (non-hydrogen) atoms. The molecule has 0 spiro atoms. The van der Waals surface area contributed by atoms with Crippen molar-refractivity contribution in [2.24, 2.45) is 0 Å². The fourth-order valence-electron chi connectivity index (χ4n) is 3.95. The number of methoxy groups -OCH3 is 2. The van der Waals surface area contributed by atoms with Crippen molar-refractivity contribution in [2.45, 2.75) is 13.0 Å². The average Bonchev–Trinajstić information content (AvgIpc) is 3.14. The number of anilines is 1. The summed E-state index contributed by atoms with van der Waals surface area (Å²) < 4.78 is 16.2. The van der Waals surface area contributed by atoms with Gasteiger partial charge in [-0.3, -0.25) is 19.5 Å². The number of ether oxygens (including phenoxy) is 3. The highest BCUT2D eigenvalue weighted by Crippen LogP contribution is 2.43. The number of benzene rings is 2. The lowest BCUT2D eigenvalue weighted by atomic mass is 9.97. The second kappa shape index (κ2) is 9.66. The number of nitrogens with zero attached hydrogens (tertiary/aromatic N) is 2. The molecule has 0 saturated carbocycles. The van der Waals surface area contributed by atoms with Crippen LogP contribution in [0.1, 0.15) is 24.2 Å². The number of aliphatic hydroxyl groups excluding tert-OH is 1. The van der Waals surface area contributed by atoms with Crippen molar-refractivity contribution in [1.29, 1.82) is 0 Å². The van der Waals surface area contributed by atoms with Crippen LogP contribution in [0.4, 0.5) is 5.69 Å². The number of ketones is 1. The maximum absolute atomic E-state index is 13.3. The van der Waals surface area contributed by atoms with Crippen molar-refractivity contribution >= 4 is 23.1 Å². The number of hydrogen-bond acceptors (Lipinski definition) is 7. The zero-order valence-electron chi connectivity index (χ0n) is 19.0.